The lowest BCUT2D eigenvalue weighted by atomic mass is 10.1. The van der Waals surface area contributed by atoms with Gasteiger partial charge in [0, 0.05) is 24.0 Å². The predicted molar refractivity (Wildman–Crippen MR) is 91.3 cm³/mol. The van der Waals surface area contributed by atoms with Crippen molar-refractivity contribution in [1.29, 1.82) is 0 Å². The number of rotatable bonds is 5. The molecule has 1 atom stereocenters. The third kappa shape index (κ3) is 3.12. The smallest absolute Gasteiger partial charge is 0.268 e. The zero-order valence-corrected chi connectivity index (χ0v) is 13.1. The zero-order valence-electron chi connectivity index (χ0n) is 13.1. The summed E-state index contributed by atoms with van der Waals surface area (Å²) in [6.45, 7) is 2.92. The van der Waals surface area contributed by atoms with E-state index in [0.29, 0.717) is 5.69 Å². The van der Waals surface area contributed by atoms with Gasteiger partial charge in [-0.05, 0) is 24.6 Å². The van der Waals surface area contributed by atoms with E-state index in [1.807, 2.05) is 72.2 Å². The molecule has 3 rings (SSSR count). The molecule has 0 aliphatic carbocycles. The number of aryl methyl sites for hydroxylation is 1. The van der Waals surface area contributed by atoms with Gasteiger partial charge in [-0.15, -0.1) is 0 Å². The van der Waals surface area contributed by atoms with E-state index in [4.69, 9.17) is 0 Å². The van der Waals surface area contributed by atoms with Crippen LogP contribution in [0, 0.1) is 0 Å². The Hall–Kier alpha value is -2.59. The van der Waals surface area contributed by atoms with E-state index in [9.17, 15) is 9.90 Å². The Morgan fingerprint density at radius 2 is 1.83 bits per heavy atom. The highest BCUT2D eigenvalue weighted by Crippen LogP contribution is 2.20. The lowest BCUT2D eigenvalue weighted by Gasteiger charge is -2.13. The fourth-order valence-corrected chi connectivity index (χ4v) is 2.81. The molecular formula is C19H20N2O2. The molecule has 0 fully saturated rings. The first-order chi connectivity index (χ1) is 11.2. The van der Waals surface area contributed by atoms with E-state index < -0.39 is 6.10 Å². The summed E-state index contributed by atoms with van der Waals surface area (Å²) >= 11 is 0. The maximum absolute atomic E-state index is 12.5. The van der Waals surface area contributed by atoms with Crippen LogP contribution in [0.15, 0.2) is 60.7 Å². The van der Waals surface area contributed by atoms with Crippen LogP contribution in [-0.2, 0) is 6.54 Å². The average molecular weight is 308 g/mol. The molecule has 1 amide bonds. The van der Waals surface area contributed by atoms with Gasteiger partial charge in [-0.1, -0.05) is 48.5 Å². The van der Waals surface area contributed by atoms with Crippen LogP contribution in [0.1, 0.15) is 29.1 Å². The quantitative estimate of drug-likeness (QED) is 0.761. The maximum atomic E-state index is 12.5. The first kappa shape index (κ1) is 15.3. The lowest BCUT2D eigenvalue weighted by Crippen LogP contribution is -2.30. The molecular weight excluding hydrogens is 288 g/mol. The minimum atomic E-state index is -0.709. The van der Waals surface area contributed by atoms with Gasteiger partial charge in [-0.2, -0.15) is 0 Å². The predicted octanol–water partition coefficient (Wildman–Crippen LogP) is 3.12. The van der Waals surface area contributed by atoms with Gasteiger partial charge < -0.3 is 15.0 Å². The van der Waals surface area contributed by atoms with E-state index in [1.165, 1.54) is 0 Å². The van der Waals surface area contributed by atoms with Crippen LogP contribution in [0.4, 0.5) is 0 Å². The zero-order chi connectivity index (χ0) is 16.2. The fraction of sp³-hybridized carbons (Fsp3) is 0.211. The Morgan fingerprint density at radius 3 is 2.57 bits per heavy atom. The number of amides is 1. The summed E-state index contributed by atoms with van der Waals surface area (Å²) in [5.41, 5.74) is 2.46. The standard InChI is InChI=1S/C19H20N2O2/c1-2-21-16-11-7-6-10-15(16)12-17(21)19(23)20-13-18(22)14-8-4-3-5-9-14/h3-12,18,22H,2,13H2,1H3,(H,20,23)/t18-/m0/s1. The van der Waals surface area contributed by atoms with Crippen LogP contribution in [-0.4, -0.2) is 22.1 Å². The Balaban J connectivity index is 1.76. The van der Waals surface area contributed by atoms with Gasteiger partial charge in [0.1, 0.15) is 5.69 Å². The third-order valence-electron chi connectivity index (χ3n) is 4.00. The Morgan fingerprint density at radius 1 is 1.13 bits per heavy atom. The van der Waals surface area contributed by atoms with Crippen LogP contribution in [0.25, 0.3) is 10.9 Å². The van der Waals surface area contributed by atoms with Gasteiger partial charge in [0.15, 0.2) is 0 Å². The van der Waals surface area contributed by atoms with E-state index in [1.54, 1.807) is 0 Å². The summed E-state index contributed by atoms with van der Waals surface area (Å²) in [4.78, 5) is 12.5. The number of nitrogens with one attached hydrogen (secondary N) is 1. The van der Waals surface area contributed by atoms with Gasteiger partial charge in [0.25, 0.3) is 5.91 Å². The number of hydrogen-bond acceptors (Lipinski definition) is 2. The molecule has 0 radical (unpaired) electrons. The number of para-hydroxylation sites is 1. The normalized spacial score (nSPS) is 12.3. The first-order valence-corrected chi connectivity index (χ1v) is 7.80. The molecule has 0 bridgehead atoms. The average Bonchev–Trinajstić information content (AvgIpc) is 2.98. The topological polar surface area (TPSA) is 54.3 Å². The van der Waals surface area contributed by atoms with Gasteiger partial charge in [0.2, 0.25) is 0 Å². The molecule has 1 heterocycles. The monoisotopic (exact) mass is 308 g/mol. The first-order valence-electron chi connectivity index (χ1n) is 7.80. The van der Waals surface area contributed by atoms with Crippen LogP contribution in [0.2, 0.25) is 0 Å². The second kappa shape index (κ2) is 6.67. The summed E-state index contributed by atoms with van der Waals surface area (Å²) < 4.78 is 1.99. The van der Waals surface area contributed by atoms with Crippen molar-refractivity contribution >= 4 is 16.8 Å². The molecule has 4 heteroatoms. The second-order valence-corrected chi connectivity index (χ2v) is 5.47. The van der Waals surface area contributed by atoms with Crippen molar-refractivity contribution in [2.45, 2.75) is 19.6 Å². The molecule has 1 aromatic heterocycles. The number of carbonyl (C=O) groups is 1. The van der Waals surface area contributed by atoms with Crippen molar-refractivity contribution in [2.75, 3.05) is 6.54 Å². The molecule has 0 saturated carbocycles. The third-order valence-corrected chi connectivity index (χ3v) is 4.00. The van der Waals surface area contributed by atoms with Gasteiger partial charge in [0.05, 0.1) is 6.10 Å². The van der Waals surface area contributed by atoms with Crippen molar-refractivity contribution in [3.8, 4) is 0 Å². The number of aliphatic hydroxyl groups is 1. The van der Waals surface area contributed by atoms with Crippen LogP contribution in [0.3, 0.4) is 0 Å². The van der Waals surface area contributed by atoms with Crippen molar-refractivity contribution in [3.63, 3.8) is 0 Å². The summed E-state index contributed by atoms with van der Waals surface area (Å²) in [7, 11) is 0. The molecule has 0 aliphatic rings. The number of aliphatic hydroxyl groups excluding tert-OH is 1. The summed E-state index contributed by atoms with van der Waals surface area (Å²) in [6, 6.07) is 19.2. The Kier molecular flexibility index (Phi) is 4.44. The lowest BCUT2D eigenvalue weighted by molar-refractivity contribution is 0.0907. The number of hydrogen-bond donors (Lipinski definition) is 2. The number of fused-ring (bicyclic) bond motifs is 1. The minimum absolute atomic E-state index is 0.168. The SMILES string of the molecule is CCn1c(C(=O)NC[C@H](O)c2ccccc2)cc2ccccc21. The van der Waals surface area contributed by atoms with Gasteiger partial charge in [-0.3, -0.25) is 4.79 Å². The van der Waals surface area contributed by atoms with Crippen molar-refractivity contribution < 1.29 is 9.90 Å². The number of aromatic nitrogens is 1. The molecule has 3 aromatic rings. The van der Waals surface area contributed by atoms with Crippen molar-refractivity contribution in [3.05, 3.63) is 71.9 Å². The second-order valence-electron chi connectivity index (χ2n) is 5.47. The summed E-state index contributed by atoms with van der Waals surface area (Å²) in [5, 5.41) is 14.0. The maximum Gasteiger partial charge on any atom is 0.268 e. The van der Waals surface area contributed by atoms with Crippen molar-refractivity contribution in [1.82, 2.24) is 9.88 Å². The van der Waals surface area contributed by atoms with E-state index in [2.05, 4.69) is 5.32 Å². The molecule has 0 aliphatic heterocycles. The Labute approximate surface area is 135 Å². The largest absolute Gasteiger partial charge is 0.387 e. The number of benzene rings is 2. The molecule has 118 valence electrons. The summed E-state index contributed by atoms with van der Waals surface area (Å²) in [5.74, 6) is -0.168. The Bertz CT molecular complexity index is 809. The van der Waals surface area contributed by atoms with Gasteiger partial charge in [-0.25, -0.2) is 0 Å². The van der Waals surface area contributed by atoms with E-state index >= 15 is 0 Å². The number of nitrogens with zero attached hydrogens (tertiary/aromatic N) is 1. The number of carbonyl (C=O) groups excluding carboxylic acids is 1. The molecule has 0 spiro atoms. The molecule has 0 unspecified atom stereocenters. The fourth-order valence-electron chi connectivity index (χ4n) is 2.81. The molecule has 23 heavy (non-hydrogen) atoms. The van der Waals surface area contributed by atoms with Crippen molar-refractivity contribution in [2.24, 2.45) is 0 Å². The van der Waals surface area contributed by atoms with E-state index in [0.717, 1.165) is 23.0 Å². The molecule has 2 N–H and O–H groups in total. The molecule has 4 nitrogen and oxygen atoms in total. The highest BCUT2D eigenvalue weighted by atomic mass is 16.3. The molecule has 0 saturated heterocycles. The summed E-state index contributed by atoms with van der Waals surface area (Å²) in [6.07, 6.45) is -0.709. The molecule has 2 aromatic carbocycles. The van der Waals surface area contributed by atoms with Crippen LogP contribution >= 0.6 is 0 Å². The minimum Gasteiger partial charge on any atom is -0.387 e. The van der Waals surface area contributed by atoms with Crippen LogP contribution in [0.5, 0.6) is 0 Å². The highest BCUT2D eigenvalue weighted by Gasteiger charge is 2.16. The highest BCUT2D eigenvalue weighted by molar-refractivity contribution is 5.98. The van der Waals surface area contributed by atoms with Crippen LogP contribution < -0.4 is 5.32 Å². The van der Waals surface area contributed by atoms with Gasteiger partial charge >= 0.3 is 0 Å². The van der Waals surface area contributed by atoms with E-state index in [-0.39, 0.29) is 12.5 Å².